The molecule has 0 saturated carbocycles. The maximum Gasteiger partial charge on any atom is 0.410 e. The number of amides is 2. The third kappa shape index (κ3) is 5.71. The predicted molar refractivity (Wildman–Crippen MR) is 113 cm³/mol. The molecule has 9 nitrogen and oxygen atoms in total. The molecular weight excluding hydrogens is 402 g/mol. The summed E-state index contributed by atoms with van der Waals surface area (Å²) in [6, 6.07) is 12.8. The van der Waals surface area contributed by atoms with Gasteiger partial charge in [0.15, 0.2) is 0 Å². The van der Waals surface area contributed by atoms with Crippen LogP contribution in [0.25, 0.3) is 0 Å². The maximum atomic E-state index is 13.2. The molecule has 1 aliphatic rings. The Hall–Kier alpha value is -3.62. The molecule has 31 heavy (non-hydrogen) atoms. The Kier molecular flexibility index (Phi) is 6.43. The van der Waals surface area contributed by atoms with E-state index in [1.807, 2.05) is 6.07 Å². The average Bonchev–Trinajstić information content (AvgIpc) is 2.73. The minimum Gasteiger partial charge on any atom is -0.457 e. The van der Waals surface area contributed by atoms with Crippen LogP contribution in [0.3, 0.4) is 0 Å². The molecule has 2 amide bonds. The average molecular weight is 427 g/mol. The van der Waals surface area contributed by atoms with Crippen LogP contribution in [-0.2, 0) is 4.74 Å². The van der Waals surface area contributed by atoms with Crippen molar-refractivity contribution in [1.29, 1.82) is 0 Å². The van der Waals surface area contributed by atoms with E-state index in [2.05, 4.69) is 0 Å². The first kappa shape index (κ1) is 22.1. The molecule has 1 heterocycles. The molecule has 0 bridgehead atoms. The van der Waals surface area contributed by atoms with Crippen LogP contribution in [-0.4, -0.2) is 58.5 Å². The number of hydrogen-bond acceptors (Lipinski definition) is 6. The van der Waals surface area contributed by atoms with E-state index >= 15 is 0 Å². The smallest absolute Gasteiger partial charge is 0.410 e. The van der Waals surface area contributed by atoms with Crippen LogP contribution >= 0.6 is 0 Å². The van der Waals surface area contributed by atoms with Crippen molar-refractivity contribution in [2.45, 2.75) is 26.4 Å². The number of carbonyl (C=O) groups excluding carboxylic acids is 2. The van der Waals surface area contributed by atoms with Gasteiger partial charge in [-0.2, -0.15) is 0 Å². The molecule has 0 aliphatic carbocycles. The Labute approximate surface area is 180 Å². The lowest BCUT2D eigenvalue weighted by molar-refractivity contribution is -0.384. The Bertz CT molecular complexity index is 963. The second-order valence-corrected chi connectivity index (χ2v) is 8.11. The first-order valence-electron chi connectivity index (χ1n) is 9.92. The van der Waals surface area contributed by atoms with Crippen molar-refractivity contribution in [1.82, 2.24) is 9.80 Å². The van der Waals surface area contributed by atoms with Crippen molar-refractivity contribution in [2.75, 3.05) is 26.2 Å². The summed E-state index contributed by atoms with van der Waals surface area (Å²) in [6.07, 6.45) is -0.428. The molecule has 1 aliphatic heterocycles. The highest BCUT2D eigenvalue weighted by atomic mass is 16.6. The fourth-order valence-electron chi connectivity index (χ4n) is 3.09. The second-order valence-electron chi connectivity index (χ2n) is 8.11. The Balaban J connectivity index is 1.77. The molecule has 1 fully saturated rings. The fraction of sp³-hybridized carbons (Fsp3) is 0.364. The number of piperazine rings is 1. The van der Waals surface area contributed by atoms with Crippen molar-refractivity contribution < 1.29 is 24.0 Å². The summed E-state index contributed by atoms with van der Waals surface area (Å²) in [4.78, 5) is 39.2. The number of rotatable bonds is 4. The van der Waals surface area contributed by atoms with Crippen molar-refractivity contribution in [3.63, 3.8) is 0 Å². The van der Waals surface area contributed by atoms with Gasteiger partial charge in [0.2, 0.25) is 0 Å². The molecule has 0 radical (unpaired) electrons. The molecule has 2 aromatic rings. The lowest BCUT2D eigenvalue weighted by Gasteiger charge is -2.35. The molecule has 3 rings (SSSR count). The summed E-state index contributed by atoms with van der Waals surface area (Å²) in [6.45, 7) is 6.57. The topological polar surface area (TPSA) is 102 Å². The first-order chi connectivity index (χ1) is 14.6. The monoisotopic (exact) mass is 427 g/mol. The van der Waals surface area contributed by atoms with Gasteiger partial charge in [-0.25, -0.2) is 4.79 Å². The summed E-state index contributed by atoms with van der Waals surface area (Å²) in [7, 11) is 0. The van der Waals surface area contributed by atoms with Crippen LogP contribution in [0.1, 0.15) is 31.1 Å². The standard InChI is InChI=1S/C22H25N3O6/c1-22(2,3)31-21(27)24-13-11-23(12-14-24)20(26)18-15-16(25(28)29)9-10-19(18)30-17-7-5-4-6-8-17/h4-10,15H,11-14H2,1-3H3. The van der Waals surface area contributed by atoms with Gasteiger partial charge in [-0.1, -0.05) is 18.2 Å². The molecule has 9 heteroatoms. The zero-order valence-electron chi connectivity index (χ0n) is 17.7. The summed E-state index contributed by atoms with van der Waals surface area (Å²) < 4.78 is 11.2. The molecule has 0 atom stereocenters. The van der Waals surface area contributed by atoms with Gasteiger partial charge in [0.05, 0.1) is 10.5 Å². The highest BCUT2D eigenvalue weighted by molar-refractivity contribution is 5.98. The second kappa shape index (κ2) is 9.03. The third-order valence-electron chi connectivity index (χ3n) is 4.59. The van der Waals surface area contributed by atoms with E-state index in [1.165, 1.54) is 18.2 Å². The van der Waals surface area contributed by atoms with Gasteiger partial charge in [0.1, 0.15) is 17.1 Å². The van der Waals surface area contributed by atoms with Gasteiger partial charge in [0, 0.05) is 38.3 Å². The molecule has 0 spiro atoms. The van der Waals surface area contributed by atoms with Crippen molar-refractivity contribution in [3.05, 3.63) is 64.2 Å². The van der Waals surface area contributed by atoms with Crippen molar-refractivity contribution in [3.8, 4) is 11.5 Å². The van der Waals surface area contributed by atoms with Crippen molar-refractivity contribution >= 4 is 17.7 Å². The molecule has 0 aromatic heterocycles. The number of hydrogen-bond donors (Lipinski definition) is 0. The van der Waals surface area contributed by atoms with E-state index in [9.17, 15) is 19.7 Å². The molecule has 1 saturated heterocycles. The lowest BCUT2D eigenvalue weighted by Crippen LogP contribution is -2.51. The molecular formula is C22H25N3O6. The van der Waals surface area contributed by atoms with Crippen LogP contribution in [0.5, 0.6) is 11.5 Å². The van der Waals surface area contributed by atoms with Gasteiger partial charge >= 0.3 is 6.09 Å². The van der Waals surface area contributed by atoms with E-state index < -0.39 is 22.5 Å². The molecule has 2 aromatic carbocycles. The van der Waals surface area contributed by atoms with Crippen molar-refractivity contribution in [2.24, 2.45) is 0 Å². The Morgan fingerprint density at radius 1 is 0.968 bits per heavy atom. The third-order valence-corrected chi connectivity index (χ3v) is 4.59. The maximum absolute atomic E-state index is 13.2. The lowest BCUT2D eigenvalue weighted by atomic mass is 10.1. The summed E-state index contributed by atoms with van der Waals surface area (Å²) in [5.74, 6) is 0.356. The number of nitro groups is 1. The normalized spacial score (nSPS) is 14.2. The summed E-state index contributed by atoms with van der Waals surface area (Å²) in [5, 5.41) is 11.2. The van der Waals surface area contributed by atoms with Crippen LogP contribution < -0.4 is 4.74 Å². The van der Waals surface area contributed by atoms with Gasteiger partial charge < -0.3 is 19.3 Å². The van der Waals surface area contributed by atoms with E-state index in [0.717, 1.165) is 0 Å². The van der Waals surface area contributed by atoms with Gasteiger partial charge in [0.25, 0.3) is 11.6 Å². The van der Waals surface area contributed by atoms with Gasteiger partial charge in [-0.15, -0.1) is 0 Å². The van der Waals surface area contributed by atoms with E-state index in [0.29, 0.717) is 18.8 Å². The molecule has 0 unspecified atom stereocenters. The fourth-order valence-corrected chi connectivity index (χ4v) is 3.09. The Morgan fingerprint density at radius 2 is 1.58 bits per heavy atom. The van der Waals surface area contributed by atoms with Crippen LogP contribution in [0, 0.1) is 10.1 Å². The number of ether oxygens (including phenoxy) is 2. The predicted octanol–water partition coefficient (Wildman–Crippen LogP) is 4.08. The van der Waals surface area contributed by atoms with Gasteiger partial charge in [-0.3, -0.25) is 14.9 Å². The number of carbonyl (C=O) groups is 2. The van der Waals surface area contributed by atoms with Crippen LogP contribution in [0.4, 0.5) is 10.5 Å². The van der Waals surface area contributed by atoms with Crippen LogP contribution in [0.15, 0.2) is 48.5 Å². The quantitative estimate of drug-likeness (QED) is 0.538. The number of benzene rings is 2. The van der Waals surface area contributed by atoms with E-state index in [1.54, 1.807) is 54.8 Å². The number of non-ortho nitro benzene ring substituents is 1. The zero-order valence-corrected chi connectivity index (χ0v) is 17.7. The zero-order chi connectivity index (χ0) is 22.6. The van der Waals surface area contributed by atoms with Crippen LogP contribution in [0.2, 0.25) is 0 Å². The Morgan fingerprint density at radius 3 is 2.16 bits per heavy atom. The number of nitrogens with zero attached hydrogens (tertiary/aromatic N) is 3. The molecule has 0 N–H and O–H groups in total. The minimum absolute atomic E-state index is 0.101. The van der Waals surface area contributed by atoms with Gasteiger partial charge in [-0.05, 0) is 39.0 Å². The highest BCUT2D eigenvalue weighted by Crippen LogP contribution is 2.30. The summed E-state index contributed by atoms with van der Waals surface area (Å²) >= 11 is 0. The first-order valence-corrected chi connectivity index (χ1v) is 9.92. The van der Waals surface area contributed by atoms with E-state index in [4.69, 9.17) is 9.47 Å². The molecule has 164 valence electrons. The number of para-hydroxylation sites is 1. The van der Waals surface area contributed by atoms with E-state index in [-0.39, 0.29) is 30.1 Å². The highest BCUT2D eigenvalue weighted by Gasteiger charge is 2.30. The largest absolute Gasteiger partial charge is 0.457 e. The SMILES string of the molecule is CC(C)(C)OC(=O)N1CCN(C(=O)c2cc([N+](=O)[O-])ccc2Oc2ccccc2)CC1. The minimum atomic E-state index is -0.601. The summed E-state index contributed by atoms with van der Waals surface area (Å²) in [5.41, 5.74) is -0.698. The number of nitro benzene ring substituents is 1.